The molecule has 0 nitrogen and oxygen atoms in total. The van der Waals surface area contributed by atoms with Crippen molar-refractivity contribution in [1.82, 2.24) is 0 Å². The summed E-state index contributed by atoms with van der Waals surface area (Å²) >= 11 is 1.93. The van der Waals surface area contributed by atoms with Gasteiger partial charge in [0.05, 0.1) is 0 Å². The van der Waals surface area contributed by atoms with Gasteiger partial charge in [0.1, 0.15) is 0 Å². The Morgan fingerprint density at radius 3 is 2.03 bits per heavy atom. The van der Waals surface area contributed by atoms with Gasteiger partial charge in [-0.15, -0.1) is 11.3 Å². The van der Waals surface area contributed by atoms with Crippen molar-refractivity contribution in [2.24, 2.45) is 0 Å². The highest BCUT2D eigenvalue weighted by atomic mass is 32.1. The van der Waals surface area contributed by atoms with Crippen LogP contribution in [0.2, 0.25) is 0 Å². The van der Waals surface area contributed by atoms with Gasteiger partial charge < -0.3 is 0 Å². The third-order valence-corrected chi connectivity index (χ3v) is 9.19. The predicted octanol–water partition coefficient (Wildman–Crippen LogP) is 10.6. The molecular weight excluding hydrogens is 452 g/mol. The lowest BCUT2D eigenvalue weighted by molar-refractivity contribution is 0.558. The zero-order chi connectivity index (χ0) is 25.6. The summed E-state index contributed by atoms with van der Waals surface area (Å²) in [4.78, 5) is 0. The normalized spacial score (nSPS) is 14.9. The van der Waals surface area contributed by atoms with E-state index < -0.39 is 0 Å². The molecule has 5 aromatic rings. The SMILES string of the molecule is CC(C)(C)c1c(-c2cc(C(C)(C)C)c3c(c2)sc2ccccc23)ccc2c1C(C)(C)c1ccccc1-2. The molecule has 182 valence electrons. The highest BCUT2D eigenvalue weighted by Crippen LogP contribution is 2.54. The summed E-state index contributed by atoms with van der Waals surface area (Å²) in [7, 11) is 0. The van der Waals surface area contributed by atoms with Crippen LogP contribution < -0.4 is 0 Å². The Morgan fingerprint density at radius 1 is 0.639 bits per heavy atom. The number of benzene rings is 4. The topological polar surface area (TPSA) is 0 Å². The van der Waals surface area contributed by atoms with Crippen LogP contribution in [-0.4, -0.2) is 0 Å². The largest absolute Gasteiger partial charge is 0.135 e. The lowest BCUT2D eigenvalue weighted by Crippen LogP contribution is -2.24. The quantitative estimate of drug-likeness (QED) is 0.220. The van der Waals surface area contributed by atoms with E-state index >= 15 is 0 Å². The molecule has 0 spiro atoms. The molecule has 0 radical (unpaired) electrons. The summed E-state index contributed by atoms with van der Waals surface area (Å²) in [6.07, 6.45) is 0. The molecule has 0 fully saturated rings. The summed E-state index contributed by atoms with van der Waals surface area (Å²) in [5.74, 6) is 0. The molecule has 0 saturated carbocycles. The fourth-order valence-corrected chi connectivity index (χ4v) is 7.67. The van der Waals surface area contributed by atoms with Gasteiger partial charge in [0.2, 0.25) is 0 Å². The van der Waals surface area contributed by atoms with Gasteiger partial charge in [0, 0.05) is 25.6 Å². The number of fused-ring (bicyclic) bond motifs is 6. The molecule has 36 heavy (non-hydrogen) atoms. The highest BCUT2D eigenvalue weighted by molar-refractivity contribution is 7.25. The average molecular weight is 489 g/mol. The smallest absolute Gasteiger partial charge is 0.0364 e. The maximum atomic E-state index is 2.49. The van der Waals surface area contributed by atoms with Crippen LogP contribution in [-0.2, 0) is 16.2 Å². The van der Waals surface area contributed by atoms with Gasteiger partial charge in [0.15, 0.2) is 0 Å². The molecule has 1 heterocycles. The molecule has 1 aliphatic carbocycles. The van der Waals surface area contributed by atoms with Crippen molar-refractivity contribution in [2.75, 3.05) is 0 Å². The van der Waals surface area contributed by atoms with Crippen LogP contribution in [0, 0.1) is 0 Å². The Bertz CT molecular complexity index is 1660. The molecule has 1 aromatic heterocycles. The Morgan fingerprint density at radius 2 is 1.31 bits per heavy atom. The van der Waals surface area contributed by atoms with Gasteiger partial charge >= 0.3 is 0 Å². The minimum absolute atomic E-state index is 0.0109. The lowest BCUT2D eigenvalue weighted by atomic mass is 9.70. The highest BCUT2D eigenvalue weighted by Gasteiger charge is 2.40. The minimum Gasteiger partial charge on any atom is -0.135 e. The van der Waals surface area contributed by atoms with Crippen LogP contribution in [0.15, 0.2) is 72.8 Å². The second-order valence-corrected chi connectivity index (χ2v) is 14.2. The fourth-order valence-electron chi connectivity index (χ4n) is 6.49. The first-order valence-electron chi connectivity index (χ1n) is 13.1. The average Bonchev–Trinajstić information content (AvgIpc) is 3.30. The maximum absolute atomic E-state index is 2.49. The van der Waals surface area contributed by atoms with E-state index in [9.17, 15) is 0 Å². The summed E-state index contributed by atoms with van der Waals surface area (Å²) in [5, 5.41) is 2.81. The van der Waals surface area contributed by atoms with Gasteiger partial charge in [-0.3, -0.25) is 0 Å². The zero-order valence-electron chi connectivity index (χ0n) is 22.8. The van der Waals surface area contributed by atoms with Gasteiger partial charge in [0.25, 0.3) is 0 Å². The Hall–Kier alpha value is -2.90. The van der Waals surface area contributed by atoms with Crippen molar-refractivity contribution in [2.45, 2.75) is 71.6 Å². The standard InChI is InChI=1S/C35H36S/c1-33(2,3)27-19-21(20-29-30(27)25-14-10-12-16-28(25)36-29)22-17-18-24-23-13-9-11-15-26(23)35(7,8)32(24)31(22)34(4,5)6/h9-20H,1-8H3. The van der Waals surface area contributed by atoms with Gasteiger partial charge in [-0.05, 0) is 73.5 Å². The van der Waals surface area contributed by atoms with E-state index in [1.165, 1.54) is 64.7 Å². The number of rotatable bonds is 1. The van der Waals surface area contributed by atoms with Crippen LogP contribution >= 0.6 is 11.3 Å². The van der Waals surface area contributed by atoms with E-state index in [4.69, 9.17) is 0 Å². The van der Waals surface area contributed by atoms with Gasteiger partial charge in [-0.1, -0.05) is 110 Å². The summed E-state index contributed by atoms with van der Waals surface area (Å²) < 4.78 is 2.76. The van der Waals surface area contributed by atoms with E-state index in [0.29, 0.717) is 0 Å². The molecule has 4 aromatic carbocycles. The molecule has 0 aliphatic heterocycles. The predicted molar refractivity (Wildman–Crippen MR) is 160 cm³/mol. The van der Waals surface area contributed by atoms with Crippen LogP contribution in [0.5, 0.6) is 0 Å². The van der Waals surface area contributed by atoms with Crippen molar-refractivity contribution >= 4 is 31.5 Å². The molecule has 0 unspecified atom stereocenters. The zero-order valence-corrected chi connectivity index (χ0v) is 23.7. The first-order chi connectivity index (χ1) is 16.9. The number of hydrogen-bond acceptors (Lipinski definition) is 1. The van der Waals surface area contributed by atoms with E-state index in [0.717, 1.165) is 0 Å². The van der Waals surface area contributed by atoms with E-state index in [-0.39, 0.29) is 16.2 Å². The minimum atomic E-state index is -0.0286. The molecule has 0 atom stereocenters. The van der Waals surface area contributed by atoms with Crippen LogP contribution in [0.4, 0.5) is 0 Å². The van der Waals surface area contributed by atoms with Crippen molar-refractivity contribution in [1.29, 1.82) is 0 Å². The maximum Gasteiger partial charge on any atom is 0.0364 e. The Balaban J connectivity index is 1.71. The first kappa shape index (κ1) is 23.5. The summed E-state index contributed by atoms with van der Waals surface area (Å²) in [6, 6.07) is 27.6. The lowest BCUT2D eigenvalue weighted by Gasteiger charge is -2.33. The molecule has 1 heteroatoms. The van der Waals surface area contributed by atoms with Crippen molar-refractivity contribution < 1.29 is 0 Å². The molecule has 1 aliphatic rings. The second-order valence-electron chi connectivity index (χ2n) is 13.1. The third-order valence-electron chi connectivity index (χ3n) is 8.07. The van der Waals surface area contributed by atoms with Crippen molar-refractivity contribution in [3.8, 4) is 22.3 Å². The van der Waals surface area contributed by atoms with Gasteiger partial charge in [-0.2, -0.15) is 0 Å². The van der Waals surface area contributed by atoms with Crippen molar-refractivity contribution in [3.05, 3.63) is 95.1 Å². The van der Waals surface area contributed by atoms with Crippen LogP contribution in [0.1, 0.15) is 77.6 Å². The van der Waals surface area contributed by atoms with Gasteiger partial charge in [-0.25, -0.2) is 0 Å². The number of hydrogen-bond donors (Lipinski definition) is 0. The first-order valence-corrected chi connectivity index (χ1v) is 13.9. The van der Waals surface area contributed by atoms with Crippen molar-refractivity contribution in [3.63, 3.8) is 0 Å². The van der Waals surface area contributed by atoms with Crippen LogP contribution in [0.25, 0.3) is 42.4 Å². The summed E-state index contributed by atoms with van der Waals surface area (Å²) in [5.41, 5.74) is 11.4. The third kappa shape index (κ3) is 3.32. The second kappa shape index (κ2) is 7.56. The monoisotopic (exact) mass is 488 g/mol. The molecule has 0 saturated heterocycles. The molecule has 0 N–H and O–H groups in total. The van der Waals surface area contributed by atoms with E-state index in [2.05, 4.69) is 128 Å². The van der Waals surface area contributed by atoms with E-state index in [1.807, 2.05) is 11.3 Å². The molecule has 0 amide bonds. The number of thiophene rings is 1. The van der Waals surface area contributed by atoms with E-state index in [1.54, 1.807) is 0 Å². The van der Waals surface area contributed by atoms with Crippen LogP contribution in [0.3, 0.4) is 0 Å². The molecule has 6 rings (SSSR count). The Labute approximate surface area is 220 Å². The summed E-state index contributed by atoms with van der Waals surface area (Å²) in [6.45, 7) is 19.0. The Kier molecular flexibility index (Phi) is 4.93. The molecule has 0 bridgehead atoms. The molecular formula is C35H36S. The fraction of sp³-hybridized carbons (Fsp3) is 0.314.